The Balaban J connectivity index is 2.11. The predicted octanol–water partition coefficient (Wildman–Crippen LogP) is 0.638. The second-order valence-electron chi connectivity index (χ2n) is 4.83. The number of aliphatic carboxylic acids is 1. The molecule has 0 spiro atoms. The van der Waals surface area contributed by atoms with E-state index in [0.717, 1.165) is 0 Å². The number of hydrogen-bond donors (Lipinski definition) is 1. The number of carbonyl (C=O) groups excluding carboxylic acids is 1. The maximum atomic E-state index is 12.4. The van der Waals surface area contributed by atoms with Gasteiger partial charge in [0.25, 0.3) is 5.91 Å². The highest BCUT2D eigenvalue weighted by Crippen LogP contribution is 2.19. The summed E-state index contributed by atoms with van der Waals surface area (Å²) in [6, 6.07) is 7.54. The van der Waals surface area contributed by atoms with Gasteiger partial charge in [0.05, 0.1) is 18.8 Å². The molecule has 1 aromatic carbocycles. The Hall–Kier alpha value is -2.59. The Morgan fingerprint density at radius 3 is 2.91 bits per heavy atom. The van der Waals surface area contributed by atoms with Crippen LogP contribution in [0.15, 0.2) is 24.3 Å². The molecule has 1 aliphatic rings. The molecule has 22 heavy (non-hydrogen) atoms. The summed E-state index contributed by atoms with van der Waals surface area (Å²) in [6.07, 6.45) is -0.894. The standard InChI is InChI=1S/C15H16N2O5/c1-10(22-13-5-3-2-4-11(13)8-16)14(18)17-6-7-21-9-12(17)15(19)20/h2-5,10,12H,6-7,9H2,1H3,(H,19,20). The smallest absolute Gasteiger partial charge is 0.328 e. The first kappa shape index (κ1) is 15.8. The first-order chi connectivity index (χ1) is 10.5. The minimum absolute atomic E-state index is 0.0391. The van der Waals surface area contributed by atoms with Gasteiger partial charge in [-0.15, -0.1) is 0 Å². The lowest BCUT2D eigenvalue weighted by Crippen LogP contribution is -2.55. The zero-order valence-electron chi connectivity index (χ0n) is 12.1. The van der Waals surface area contributed by atoms with Crippen molar-refractivity contribution in [2.45, 2.75) is 19.1 Å². The second kappa shape index (κ2) is 6.91. The molecule has 0 bridgehead atoms. The van der Waals surface area contributed by atoms with Crippen LogP contribution in [0.2, 0.25) is 0 Å². The maximum Gasteiger partial charge on any atom is 0.328 e. The van der Waals surface area contributed by atoms with Crippen molar-refractivity contribution < 1.29 is 24.2 Å². The number of benzene rings is 1. The van der Waals surface area contributed by atoms with Crippen LogP contribution in [-0.2, 0) is 14.3 Å². The average molecular weight is 304 g/mol. The molecule has 7 heteroatoms. The SMILES string of the molecule is CC(Oc1ccccc1C#N)C(=O)N1CCOCC1C(=O)O. The number of hydrogen-bond acceptors (Lipinski definition) is 5. The van der Waals surface area contributed by atoms with Crippen molar-refractivity contribution in [3.8, 4) is 11.8 Å². The van der Waals surface area contributed by atoms with Crippen molar-refractivity contribution in [2.75, 3.05) is 19.8 Å². The van der Waals surface area contributed by atoms with Crippen LogP contribution in [0.1, 0.15) is 12.5 Å². The summed E-state index contributed by atoms with van der Waals surface area (Å²) < 4.78 is 10.6. The van der Waals surface area contributed by atoms with Gasteiger partial charge < -0.3 is 19.5 Å². The molecular formula is C15H16N2O5. The van der Waals surface area contributed by atoms with Crippen molar-refractivity contribution in [2.24, 2.45) is 0 Å². The largest absolute Gasteiger partial charge is 0.480 e. The molecule has 7 nitrogen and oxygen atoms in total. The second-order valence-corrected chi connectivity index (χ2v) is 4.83. The number of para-hydroxylation sites is 1. The molecule has 2 atom stereocenters. The molecule has 116 valence electrons. The molecule has 2 rings (SSSR count). The summed E-state index contributed by atoms with van der Waals surface area (Å²) >= 11 is 0. The average Bonchev–Trinajstić information content (AvgIpc) is 2.54. The maximum absolute atomic E-state index is 12.4. The van der Waals surface area contributed by atoms with E-state index >= 15 is 0 Å². The van der Waals surface area contributed by atoms with Crippen LogP contribution >= 0.6 is 0 Å². The van der Waals surface area contributed by atoms with E-state index in [1.807, 2.05) is 6.07 Å². The Morgan fingerprint density at radius 1 is 1.50 bits per heavy atom. The van der Waals surface area contributed by atoms with Crippen molar-refractivity contribution in [3.63, 3.8) is 0 Å². The van der Waals surface area contributed by atoms with Gasteiger partial charge in [-0.25, -0.2) is 4.79 Å². The quantitative estimate of drug-likeness (QED) is 0.876. The third kappa shape index (κ3) is 3.35. The van der Waals surface area contributed by atoms with Gasteiger partial charge in [0, 0.05) is 6.54 Å². The summed E-state index contributed by atoms with van der Waals surface area (Å²) in [5.41, 5.74) is 0.318. The fourth-order valence-corrected chi connectivity index (χ4v) is 2.21. The van der Waals surface area contributed by atoms with Crippen molar-refractivity contribution in [3.05, 3.63) is 29.8 Å². The molecule has 1 N–H and O–H groups in total. The topological polar surface area (TPSA) is 99.9 Å². The molecule has 1 saturated heterocycles. The zero-order valence-corrected chi connectivity index (χ0v) is 12.1. The van der Waals surface area contributed by atoms with Crippen molar-refractivity contribution >= 4 is 11.9 Å². The molecule has 1 aromatic rings. The van der Waals surface area contributed by atoms with Gasteiger partial charge in [0.15, 0.2) is 12.1 Å². The number of morpholine rings is 1. The first-order valence-electron chi connectivity index (χ1n) is 6.81. The molecule has 1 heterocycles. The number of rotatable bonds is 4. The molecule has 0 radical (unpaired) electrons. The summed E-state index contributed by atoms with van der Waals surface area (Å²) in [6.45, 7) is 1.98. The van der Waals surface area contributed by atoms with E-state index in [1.165, 1.54) is 11.8 Å². The van der Waals surface area contributed by atoms with Crippen molar-refractivity contribution in [1.29, 1.82) is 5.26 Å². The van der Waals surface area contributed by atoms with Gasteiger partial charge in [-0.05, 0) is 19.1 Å². The molecular weight excluding hydrogens is 288 g/mol. The highest BCUT2D eigenvalue weighted by molar-refractivity contribution is 5.86. The van der Waals surface area contributed by atoms with E-state index in [2.05, 4.69) is 0 Å². The van der Waals surface area contributed by atoms with E-state index in [1.54, 1.807) is 24.3 Å². The van der Waals surface area contributed by atoms with Gasteiger partial charge in [0.2, 0.25) is 0 Å². The number of nitriles is 1. The van der Waals surface area contributed by atoms with E-state index in [4.69, 9.17) is 19.8 Å². The molecule has 1 amide bonds. The number of carbonyl (C=O) groups is 2. The Morgan fingerprint density at radius 2 is 2.23 bits per heavy atom. The van der Waals surface area contributed by atoms with Crippen LogP contribution in [0.25, 0.3) is 0 Å². The lowest BCUT2D eigenvalue weighted by atomic mass is 10.2. The van der Waals surface area contributed by atoms with Crippen LogP contribution in [-0.4, -0.2) is 53.8 Å². The van der Waals surface area contributed by atoms with E-state index in [0.29, 0.717) is 11.3 Å². The molecule has 1 fully saturated rings. The lowest BCUT2D eigenvalue weighted by molar-refractivity contribution is -0.161. The lowest BCUT2D eigenvalue weighted by Gasteiger charge is -2.34. The van der Waals surface area contributed by atoms with Crippen molar-refractivity contribution in [1.82, 2.24) is 4.90 Å². The van der Waals surface area contributed by atoms with Crippen LogP contribution in [0.3, 0.4) is 0 Å². The van der Waals surface area contributed by atoms with E-state index < -0.39 is 24.0 Å². The highest BCUT2D eigenvalue weighted by atomic mass is 16.5. The van der Waals surface area contributed by atoms with E-state index in [-0.39, 0.29) is 19.8 Å². The monoisotopic (exact) mass is 304 g/mol. The minimum atomic E-state index is -1.11. The number of carboxylic acids is 1. The van der Waals surface area contributed by atoms with Gasteiger partial charge in [-0.2, -0.15) is 5.26 Å². The van der Waals surface area contributed by atoms with E-state index in [9.17, 15) is 9.59 Å². The molecule has 0 aliphatic carbocycles. The fourth-order valence-electron chi connectivity index (χ4n) is 2.21. The van der Waals surface area contributed by atoms with Gasteiger partial charge in [-0.1, -0.05) is 12.1 Å². The zero-order chi connectivity index (χ0) is 16.1. The van der Waals surface area contributed by atoms with Crippen LogP contribution in [0.5, 0.6) is 5.75 Å². The normalized spacial score (nSPS) is 19.1. The van der Waals surface area contributed by atoms with Crippen LogP contribution in [0, 0.1) is 11.3 Å². The number of nitrogens with zero attached hydrogens (tertiary/aromatic N) is 2. The Labute approximate surface area is 127 Å². The van der Waals surface area contributed by atoms with Crippen LogP contribution < -0.4 is 4.74 Å². The fraction of sp³-hybridized carbons (Fsp3) is 0.400. The summed E-state index contributed by atoms with van der Waals surface area (Å²) in [5, 5.41) is 18.2. The van der Waals surface area contributed by atoms with Crippen LogP contribution in [0.4, 0.5) is 0 Å². The summed E-state index contributed by atoms with van der Waals surface area (Å²) in [7, 11) is 0. The molecule has 0 saturated carbocycles. The number of amides is 1. The van der Waals surface area contributed by atoms with Gasteiger partial charge in [-0.3, -0.25) is 4.79 Å². The predicted molar refractivity (Wildman–Crippen MR) is 75.2 cm³/mol. The highest BCUT2D eigenvalue weighted by Gasteiger charge is 2.35. The molecule has 1 aliphatic heterocycles. The third-order valence-corrected chi connectivity index (χ3v) is 3.36. The third-order valence-electron chi connectivity index (χ3n) is 3.36. The molecule has 2 unspecified atom stereocenters. The minimum Gasteiger partial charge on any atom is -0.480 e. The number of ether oxygens (including phenoxy) is 2. The Bertz CT molecular complexity index is 610. The first-order valence-corrected chi connectivity index (χ1v) is 6.81. The van der Waals surface area contributed by atoms with Gasteiger partial charge in [0.1, 0.15) is 11.8 Å². The summed E-state index contributed by atoms with van der Waals surface area (Å²) in [5.74, 6) is -1.26. The summed E-state index contributed by atoms with van der Waals surface area (Å²) in [4.78, 5) is 24.9. The Kier molecular flexibility index (Phi) is 4.96. The number of carboxylic acid groups (broad SMARTS) is 1. The molecule has 0 aromatic heterocycles. The van der Waals surface area contributed by atoms with Gasteiger partial charge >= 0.3 is 5.97 Å².